The molecule has 0 atom stereocenters. The molecule has 7 heteroatoms. The number of carboxylic acid groups (broad SMARTS) is 1. The summed E-state index contributed by atoms with van der Waals surface area (Å²) in [6, 6.07) is 5.11. The molecule has 0 aliphatic heterocycles. The molecule has 0 unspecified atom stereocenters. The number of carbonyl (C=O) groups is 2. The van der Waals surface area contributed by atoms with Crippen molar-refractivity contribution in [2.75, 3.05) is 5.43 Å². The smallest absolute Gasteiger partial charge is 0.423 e. The van der Waals surface area contributed by atoms with E-state index in [-0.39, 0.29) is 11.8 Å². The van der Waals surface area contributed by atoms with Gasteiger partial charge in [-0.1, -0.05) is 17.7 Å². The van der Waals surface area contributed by atoms with Crippen molar-refractivity contribution >= 4 is 29.3 Å². The molecule has 0 bridgehead atoms. The standard InChI is InChI=1S/C12H14ClN3O3/c13-9-4-1-7(5-10(9)15-16-12(18)19)6-14-11(17)8-2-3-8/h1,4-5,8,15-16H,2-3,6H2,(H,14,17)(H,18,19). The van der Waals surface area contributed by atoms with Crippen molar-refractivity contribution in [3.63, 3.8) is 0 Å². The minimum atomic E-state index is -1.21. The second-order valence-corrected chi connectivity index (χ2v) is 4.77. The second kappa shape index (κ2) is 5.79. The first-order valence-corrected chi connectivity index (χ1v) is 6.25. The summed E-state index contributed by atoms with van der Waals surface area (Å²) in [6.07, 6.45) is 0.715. The Hall–Kier alpha value is -1.95. The molecule has 2 rings (SSSR count). The summed E-state index contributed by atoms with van der Waals surface area (Å²) in [6.45, 7) is 0.397. The zero-order valence-corrected chi connectivity index (χ0v) is 10.8. The summed E-state index contributed by atoms with van der Waals surface area (Å²) in [4.78, 5) is 21.9. The zero-order chi connectivity index (χ0) is 13.8. The second-order valence-electron chi connectivity index (χ2n) is 4.36. The highest BCUT2D eigenvalue weighted by Gasteiger charge is 2.29. The third-order valence-corrected chi connectivity index (χ3v) is 3.08. The zero-order valence-electron chi connectivity index (χ0n) is 10.1. The van der Waals surface area contributed by atoms with Gasteiger partial charge in [0.2, 0.25) is 5.91 Å². The van der Waals surface area contributed by atoms with Crippen molar-refractivity contribution < 1.29 is 14.7 Å². The summed E-state index contributed by atoms with van der Waals surface area (Å²) in [5, 5.41) is 11.7. The molecule has 102 valence electrons. The minimum Gasteiger partial charge on any atom is -0.464 e. The summed E-state index contributed by atoms with van der Waals surface area (Å²) >= 11 is 5.92. The molecule has 0 saturated heterocycles. The lowest BCUT2D eigenvalue weighted by atomic mass is 10.2. The number of hydrogen-bond donors (Lipinski definition) is 4. The van der Waals surface area contributed by atoms with Crippen LogP contribution in [-0.2, 0) is 11.3 Å². The van der Waals surface area contributed by atoms with Gasteiger partial charge in [-0.15, -0.1) is 0 Å². The normalized spacial score (nSPS) is 13.7. The molecule has 2 amide bonds. The molecule has 0 aromatic heterocycles. The van der Waals surface area contributed by atoms with Crippen molar-refractivity contribution in [2.24, 2.45) is 5.92 Å². The van der Waals surface area contributed by atoms with Gasteiger partial charge in [0.25, 0.3) is 0 Å². The van der Waals surface area contributed by atoms with E-state index in [1.807, 2.05) is 5.43 Å². The highest BCUT2D eigenvalue weighted by molar-refractivity contribution is 6.33. The lowest BCUT2D eigenvalue weighted by Crippen LogP contribution is -2.28. The number of amides is 2. The number of halogens is 1. The van der Waals surface area contributed by atoms with E-state index in [0.717, 1.165) is 18.4 Å². The quantitative estimate of drug-likeness (QED) is 0.622. The summed E-state index contributed by atoms with van der Waals surface area (Å²) < 4.78 is 0. The van der Waals surface area contributed by atoms with Crippen LogP contribution in [0, 0.1) is 5.92 Å². The average Bonchev–Trinajstić information content (AvgIpc) is 3.20. The molecule has 19 heavy (non-hydrogen) atoms. The Bertz CT molecular complexity index is 503. The van der Waals surface area contributed by atoms with Gasteiger partial charge >= 0.3 is 6.09 Å². The van der Waals surface area contributed by atoms with Crippen LogP contribution in [0.25, 0.3) is 0 Å². The van der Waals surface area contributed by atoms with Crippen LogP contribution in [0.2, 0.25) is 5.02 Å². The Morgan fingerprint density at radius 3 is 2.74 bits per heavy atom. The van der Waals surface area contributed by atoms with E-state index < -0.39 is 6.09 Å². The van der Waals surface area contributed by atoms with Crippen molar-refractivity contribution in [3.8, 4) is 0 Å². The molecule has 1 aromatic carbocycles. The Kier molecular flexibility index (Phi) is 4.11. The monoisotopic (exact) mass is 283 g/mol. The van der Waals surface area contributed by atoms with E-state index in [0.29, 0.717) is 17.3 Å². The van der Waals surface area contributed by atoms with Gasteiger partial charge in [0.05, 0.1) is 10.7 Å². The van der Waals surface area contributed by atoms with Crippen LogP contribution >= 0.6 is 11.6 Å². The summed E-state index contributed by atoms with van der Waals surface area (Å²) in [5.41, 5.74) is 5.79. The third kappa shape index (κ3) is 4.03. The van der Waals surface area contributed by atoms with E-state index in [2.05, 4.69) is 10.7 Å². The van der Waals surface area contributed by atoms with Gasteiger partial charge in [0.1, 0.15) is 0 Å². The molecule has 4 N–H and O–H groups in total. The number of hydrazine groups is 1. The topological polar surface area (TPSA) is 90.5 Å². The minimum absolute atomic E-state index is 0.0631. The fraction of sp³-hybridized carbons (Fsp3) is 0.333. The fourth-order valence-electron chi connectivity index (χ4n) is 1.58. The molecule has 1 aliphatic carbocycles. The molecule has 1 aromatic rings. The van der Waals surface area contributed by atoms with Crippen molar-refractivity contribution in [2.45, 2.75) is 19.4 Å². The largest absolute Gasteiger partial charge is 0.464 e. The SMILES string of the molecule is O=C(O)NNc1cc(CNC(=O)C2CC2)ccc1Cl. The molecule has 0 spiro atoms. The van der Waals surface area contributed by atoms with Gasteiger partial charge in [-0.25, -0.2) is 10.2 Å². The first kappa shape index (κ1) is 13.5. The lowest BCUT2D eigenvalue weighted by Gasteiger charge is -2.10. The lowest BCUT2D eigenvalue weighted by molar-refractivity contribution is -0.122. The predicted octanol–water partition coefficient (Wildman–Crippen LogP) is 1.96. The predicted molar refractivity (Wildman–Crippen MR) is 70.8 cm³/mol. The maximum Gasteiger partial charge on any atom is 0.423 e. The first-order valence-electron chi connectivity index (χ1n) is 5.87. The highest BCUT2D eigenvalue weighted by atomic mass is 35.5. The van der Waals surface area contributed by atoms with Crippen molar-refractivity contribution in [3.05, 3.63) is 28.8 Å². The van der Waals surface area contributed by atoms with E-state index in [9.17, 15) is 9.59 Å². The first-order chi connectivity index (χ1) is 9.06. The number of rotatable bonds is 5. The number of carbonyl (C=O) groups excluding carboxylic acids is 1. The highest BCUT2D eigenvalue weighted by Crippen LogP contribution is 2.29. The Morgan fingerprint density at radius 2 is 2.11 bits per heavy atom. The summed E-state index contributed by atoms with van der Waals surface area (Å²) in [5.74, 6) is 0.228. The molecule has 1 fully saturated rings. The van der Waals surface area contributed by atoms with Crippen LogP contribution in [0.1, 0.15) is 18.4 Å². The molecular weight excluding hydrogens is 270 g/mol. The maximum atomic E-state index is 11.5. The Morgan fingerprint density at radius 1 is 1.37 bits per heavy atom. The molecular formula is C12H14ClN3O3. The molecule has 1 saturated carbocycles. The molecule has 1 aliphatic rings. The van der Waals surface area contributed by atoms with Crippen LogP contribution in [-0.4, -0.2) is 17.1 Å². The van der Waals surface area contributed by atoms with Gasteiger partial charge in [-0.05, 0) is 30.5 Å². The number of hydrogen-bond acceptors (Lipinski definition) is 3. The van der Waals surface area contributed by atoms with Gasteiger partial charge in [-0.3, -0.25) is 10.2 Å². The Labute approximate surface area is 115 Å². The molecule has 0 radical (unpaired) electrons. The van der Waals surface area contributed by atoms with Crippen LogP contribution < -0.4 is 16.2 Å². The summed E-state index contributed by atoms with van der Waals surface area (Å²) in [7, 11) is 0. The van der Waals surface area contributed by atoms with Gasteiger partial charge in [-0.2, -0.15) is 0 Å². The Balaban J connectivity index is 1.94. The number of anilines is 1. The van der Waals surface area contributed by atoms with E-state index in [1.54, 1.807) is 18.2 Å². The fourth-order valence-corrected chi connectivity index (χ4v) is 1.74. The van der Waals surface area contributed by atoms with Gasteiger partial charge < -0.3 is 10.4 Å². The van der Waals surface area contributed by atoms with Crippen LogP contribution in [0.4, 0.5) is 10.5 Å². The van der Waals surface area contributed by atoms with Crippen LogP contribution in [0.5, 0.6) is 0 Å². The third-order valence-electron chi connectivity index (χ3n) is 2.75. The van der Waals surface area contributed by atoms with Crippen LogP contribution in [0.15, 0.2) is 18.2 Å². The van der Waals surface area contributed by atoms with Gasteiger partial charge in [0, 0.05) is 12.5 Å². The van der Waals surface area contributed by atoms with E-state index in [1.165, 1.54) is 0 Å². The maximum absolute atomic E-state index is 11.5. The van der Waals surface area contributed by atoms with Crippen molar-refractivity contribution in [1.82, 2.24) is 10.7 Å². The number of benzene rings is 1. The molecule has 0 heterocycles. The van der Waals surface area contributed by atoms with Crippen LogP contribution in [0.3, 0.4) is 0 Å². The molecule has 6 nitrogen and oxygen atoms in total. The van der Waals surface area contributed by atoms with E-state index >= 15 is 0 Å². The van der Waals surface area contributed by atoms with Gasteiger partial charge in [0.15, 0.2) is 0 Å². The van der Waals surface area contributed by atoms with E-state index in [4.69, 9.17) is 16.7 Å². The average molecular weight is 284 g/mol. The van der Waals surface area contributed by atoms with Crippen molar-refractivity contribution in [1.29, 1.82) is 0 Å². The number of nitrogens with one attached hydrogen (secondary N) is 3.